The van der Waals surface area contributed by atoms with Gasteiger partial charge in [0, 0.05) is 11.4 Å². The molecule has 2 aromatic rings. The Morgan fingerprint density at radius 1 is 0.923 bits per heavy atom. The molecule has 140 valence electrons. The van der Waals surface area contributed by atoms with Gasteiger partial charge in [-0.3, -0.25) is 4.79 Å². The lowest BCUT2D eigenvalue weighted by atomic mass is 9.69. The van der Waals surface area contributed by atoms with Crippen LogP contribution in [0.5, 0.6) is 0 Å². The van der Waals surface area contributed by atoms with Crippen LogP contribution < -0.4 is 10.6 Å². The molecule has 26 heavy (non-hydrogen) atoms. The first kappa shape index (κ1) is 20.5. The number of para-hydroxylation sites is 2. The quantitative estimate of drug-likeness (QED) is 0.491. The highest BCUT2D eigenvalue weighted by atomic mass is 35.5. The third kappa shape index (κ3) is 4.11. The Kier molecular flexibility index (Phi) is 6.85. The third-order valence-electron chi connectivity index (χ3n) is 4.97. The van der Waals surface area contributed by atoms with Crippen molar-refractivity contribution in [2.24, 2.45) is 11.1 Å². The molecular formula is C22H29ClN2O. The van der Waals surface area contributed by atoms with Gasteiger partial charge in [0.05, 0.1) is 0 Å². The molecule has 4 heteroatoms. The van der Waals surface area contributed by atoms with E-state index in [4.69, 9.17) is 17.3 Å². The van der Waals surface area contributed by atoms with Gasteiger partial charge in [-0.2, -0.15) is 0 Å². The largest absolute Gasteiger partial charge is 0.330 e. The van der Waals surface area contributed by atoms with Gasteiger partial charge in [-0.1, -0.05) is 57.2 Å². The number of carbonyl (C=O) groups is 1. The first-order valence-electron chi connectivity index (χ1n) is 9.15. The fourth-order valence-electron chi connectivity index (χ4n) is 3.57. The minimum Gasteiger partial charge on any atom is -0.330 e. The summed E-state index contributed by atoms with van der Waals surface area (Å²) in [5.74, 6) is 0. The molecule has 0 heterocycles. The second kappa shape index (κ2) is 8.70. The molecule has 0 aliphatic carbocycles. The third-order valence-corrected chi connectivity index (χ3v) is 5.28. The van der Waals surface area contributed by atoms with E-state index >= 15 is 0 Å². The van der Waals surface area contributed by atoms with Crippen LogP contribution in [0.2, 0.25) is 0 Å². The summed E-state index contributed by atoms with van der Waals surface area (Å²) in [4.78, 5) is 15.1. The minimum atomic E-state index is -0.883. The highest BCUT2D eigenvalue weighted by molar-refractivity contribution is 6.66. The molecule has 2 N–H and O–H groups in total. The monoisotopic (exact) mass is 372 g/mol. The van der Waals surface area contributed by atoms with Crippen LogP contribution in [0.1, 0.15) is 40.0 Å². The fourth-order valence-corrected chi connectivity index (χ4v) is 4.03. The van der Waals surface area contributed by atoms with Gasteiger partial charge in [-0.15, -0.1) is 0 Å². The number of benzene rings is 2. The molecule has 0 fully saturated rings. The van der Waals surface area contributed by atoms with E-state index in [-0.39, 0.29) is 10.7 Å². The van der Waals surface area contributed by atoms with Gasteiger partial charge < -0.3 is 10.6 Å². The van der Waals surface area contributed by atoms with Gasteiger partial charge in [0.1, 0.15) is 5.54 Å². The molecule has 0 aliphatic rings. The van der Waals surface area contributed by atoms with Gasteiger partial charge in [0.25, 0.3) is 0 Å². The van der Waals surface area contributed by atoms with Crippen molar-refractivity contribution < 1.29 is 4.79 Å². The Bertz CT molecular complexity index is 658. The SMILES string of the molecule is CC(C)(C)[C@](CCCCN)(C(=O)Cl)N(c1ccccc1)c1ccccc1. The number of halogens is 1. The Labute approximate surface area is 162 Å². The number of carbonyl (C=O) groups excluding carboxylic acids is 1. The molecule has 0 aromatic heterocycles. The predicted octanol–water partition coefficient (Wildman–Crippen LogP) is 5.50. The average molecular weight is 373 g/mol. The van der Waals surface area contributed by atoms with E-state index in [1.54, 1.807) is 0 Å². The van der Waals surface area contributed by atoms with Crippen molar-refractivity contribution >= 4 is 28.2 Å². The summed E-state index contributed by atoms with van der Waals surface area (Å²) >= 11 is 6.35. The highest BCUT2D eigenvalue weighted by Crippen LogP contribution is 2.47. The lowest BCUT2D eigenvalue weighted by Gasteiger charge is -2.51. The molecule has 0 bridgehead atoms. The average Bonchev–Trinajstić information content (AvgIpc) is 2.61. The summed E-state index contributed by atoms with van der Waals surface area (Å²) in [5, 5.41) is -0.338. The lowest BCUT2D eigenvalue weighted by molar-refractivity contribution is -0.120. The zero-order chi connectivity index (χ0) is 19.2. The molecule has 0 unspecified atom stereocenters. The van der Waals surface area contributed by atoms with Crippen LogP contribution >= 0.6 is 11.6 Å². The molecular weight excluding hydrogens is 344 g/mol. The molecule has 0 amide bonds. The number of hydrogen-bond donors (Lipinski definition) is 1. The zero-order valence-electron chi connectivity index (χ0n) is 15.9. The topological polar surface area (TPSA) is 46.3 Å². The number of rotatable bonds is 8. The van der Waals surface area contributed by atoms with Crippen molar-refractivity contribution in [2.45, 2.75) is 45.6 Å². The molecule has 0 aliphatic heterocycles. The number of nitrogens with zero attached hydrogens (tertiary/aromatic N) is 1. The molecule has 2 aromatic carbocycles. The van der Waals surface area contributed by atoms with Gasteiger partial charge in [-0.25, -0.2) is 0 Å². The van der Waals surface area contributed by atoms with Crippen molar-refractivity contribution in [1.29, 1.82) is 0 Å². The molecule has 0 saturated heterocycles. The van der Waals surface area contributed by atoms with Crippen LogP contribution in [0.3, 0.4) is 0 Å². The lowest BCUT2D eigenvalue weighted by Crippen LogP contribution is -2.59. The maximum absolute atomic E-state index is 13.0. The van der Waals surface area contributed by atoms with Crippen LogP contribution in [0, 0.1) is 5.41 Å². The predicted molar refractivity (Wildman–Crippen MR) is 111 cm³/mol. The van der Waals surface area contributed by atoms with E-state index in [2.05, 4.69) is 25.7 Å². The Balaban J connectivity index is 2.70. The van der Waals surface area contributed by atoms with Crippen LogP contribution in [-0.2, 0) is 4.79 Å². The molecule has 3 nitrogen and oxygen atoms in total. The van der Waals surface area contributed by atoms with E-state index in [0.29, 0.717) is 13.0 Å². The van der Waals surface area contributed by atoms with Gasteiger partial charge in [0.2, 0.25) is 5.24 Å². The van der Waals surface area contributed by atoms with Gasteiger partial charge >= 0.3 is 0 Å². The Hall–Kier alpha value is -1.84. The number of hydrogen-bond acceptors (Lipinski definition) is 3. The smallest absolute Gasteiger partial charge is 0.248 e. The maximum Gasteiger partial charge on any atom is 0.248 e. The second-order valence-corrected chi connectivity index (χ2v) is 7.98. The van der Waals surface area contributed by atoms with E-state index in [0.717, 1.165) is 24.2 Å². The maximum atomic E-state index is 13.0. The van der Waals surface area contributed by atoms with Gasteiger partial charge in [-0.05, 0) is 67.1 Å². The highest BCUT2D eigenvalue weighted by Gasteiger charge is 2.52. The Morgan fingerprint density at radius 2 is 1.38 bits per heavy atom. The van der Waals surface area contributed by atoms with Crippen molar-refractivity contribution in [2.75, 3.05) is 11.4 Å². The number of unbranched alkanes of at least 4 members (excludes halogenated alkanes) is 1. The summed E-state index contributed by atoms with van der Waals surface area (Å²) in [5.41, 5.74) is 6.35. The zero-order valence-corrected chi connectivity index (χ0v) is 16.7. The summed E-state index contributed by atoms with van der Waals surface area (Å²) < 4.78 is 0. The standard InChI is InChI=1S/C22H29ClN2O/c1-21(2,3)22(20(23)26,16-10-11-17-24)25(18-12-6-4-7-13-18)19-14-8-5-9-15-19/h4-9,12-15H,10-11,16-17,24H2,1-3H3/t22-/m0/s1. The molecule has 2 rings (SSSR count). The summed E-state index contributed by atoms with van der Waals surface area (Å²) in [7, 11) is 0. The van der Waals surface area contributed by atoms with E-state index in [1.165, 1.54) is 0 Å². The molecule has 0 saturated carbocycles. The summed E-state index contributed by atoms with van der Waals surface area (Å²) in [6.07, 6.45) is 2.33. The fraction of sp³-hybridized carbons (Fsp3) is 0.409. The molecule has 0 radical (unpaired) electrons. The summed E-state index contributed by atoms with van der Waals surface area (Å²) in [6.45, 7) is 6.84. The van der Waals surface area contributed by atoms with Crippen LogP contribution in [0.4, 0.5) is 11.4 Å². The van der Waals surface area contributed by atoms with Gasteiger partial charge in [0.15, 0.2) is 0 Å². The first-order chi connectivity index (χ1) is 12.3. The van der Waals surface area contributed by atoms with E-state index in [9.17, 15) is 4.79 Å². The van der Waals surface area contributed by atoms with Crippen molar-refractivity contribution in [3.8, 4) is 0 Å². The molecule has 0 spiro atoms. The molecule has 1 atom stereocenters. The normalized spacial score (nSPS) is 13.9. The second-order valence-electron chi connectivity index (χ2n) is 7.64. The van der Waals surface area contributed by atoms with Crippen molar-refractivity contribution in [1.82, 2.24) is 0 Å². The summed E-state index contributed by atoms with van der Waals surface area (Å²) in [6, 6.07) is 20.0. The van der Waals surface area contributed by atoms with Crippen molar-refractivity contribution in [3.63, 3.8) is 0 Å². The van der Waals surface area contributed by atoms with Crippen LogP contribution in [-0.4, -0.2) is 17.3 Å². The first-order valence-corrected chi connectivity index (χ1v) is 9.53. The number of anilines is 2. The van der Waals surface area contributed by atoms with Crippen molar-refractivity contribution in [3.05, 3.63) is 60.7 Å². The van der Waals surface area contributed by atoms with Crippen LogP contribution in [0.25, 0.3) is 0 Å². The minimum absolute atomic E-state index is 0.338. The van der Waals surface area contributed by atoms with E-state index < -0.39 is 5.54 Å². The van der Waals surface area contributed by atoms with E-state index in [1.807, 2.05) is 60.7 Å². The van der Waals surface area contributed by atoms with Crippen LogP contribution in [0.15, 0.2) is 60.7 Å². The Morgan fingerprint density at radius 3 is 1.73 bits per heavy atom. The number of nitrogens with two attached hydrogens (primary N) is 1.